The molecule has 0 aromatic heterocycles. The van der Waals surface area contributed by atoms with Gasteiger partial charge in [0.2, 0.25) is 0 Å². The molecule has 0 aliphatic heterocycles. The molecule has 2 aromatic carbocycles. The Labute approximate surface area is 139 Å². The Morgan fingerprint density at radius 2 is 1.91 bits per heavy atom. The Morgan fingerprint density at radius 3 is 2.65 bits per heavy atom. The van der Waals surface area contributed by atoms with Crippen molar-refractivity contribution in [3.63, 3.8) is 0 Å². The minimum Gasteiger partial charge on any atom is -0.691 e. The molecule has 2 rings (SSSR count). The highest BCUT2D eigenvalue weighted by Gasteiger charge is 2.43. The van der Waals surface area contributed by atoms with Crippen LogP contribution in [0, 0.1) is 0 Å². The zero-order valence-corrected chi connectivity index (χ0v) is 13.2. The van der Waals surface area contributed by atoms with Gasteiger partial charge in [-0.1, -0.05) is 30.3 Å². The molecule has 0 saturated carbocycles. The van der Waals surface area contributed by atoms with Crippen molar-refractivity contribution in [3.05, 3.63) is 42.5 Å². The van der Waals surface area contributed by atoms with E-state index in [1.165, 1.54) is 11.8 Å². The molecule has 0 aliphatic carbocycles. The summed E-state index contributed by atoms with van der Waals surface area (Å²) in [6, 6.07) is 13.6. The van der Waals surface area contributed by atoms with Gasteiger partial charge in [-0.2, -0.15) is 13.1 Å². The minimum absolute atomic E-state index is 0.204. The summed E-state index contributed by atoms with van der Waals surface area (Å²) < 4.78 is 34.0. The Hall–Kier alpha value is -1.39. The fourth-order valence-electron chi connectivity index (χ4n) is 1.73. The van der Waals surface area contributed by atoms with Crippen molar-refractivity contribution in [1.29, 1.82) is 0 Å². The van der Waals surface area contributed by atoms with Crippen molar-refractivity contribution in [2.24, 2.45) is 0 Å². The molecular weight excluding hydrogens is 350 g/mol. The molecule has 0 N–H and O–H groups in total. The van der Waals surface area contributed by atoms with Gasteiger partial charge in [-0.15, -0.1) is 11.8 Å². The number of carbonyl (C=O) groups is 1. The summed E-state index contributed by atoms with van der Waals surface area (Å²) in [5.41, 5.74) is 0. The van der Waals surface area contributed by atoms with Gasteiger partial charge >= 0.3 is 11.2 Å². The number of halogens is 2. The third-order valence-corrected chi connectivity index (χ3v) is 4.17. The van der Waals surface area contributed by atoms with E-state index in [-0.39, 0.29) is 6.61 Å². The van der Waals surface area contributed by atoms with Crippen molar-refractivity contribution < 1.29 is 32.9 Å². The van der Waals surface area contributed by atoms with Crippen LogP contribution >= 0.6 is 23.8 Å². The van der Waals surface area contributed by atoms with Gasteiger partial charge in [0.1, 0.15) is 18.6 Å². The molecule has 0 amide bonds. The maximum Gasteiger partial charge on any atom is 0.415 e. The van der Waals surface area contributed by atoms with Crippen LogP contribution in [0.25, 0.3) is 10.8 Å². The zero-order chi connectivity index (χ0) is 16.7. The Bertz CT molecular complexity index is 668. The quantitative estimate of drug-likeness (QED) is 0.179. The van der Waals surface area contributed by atoms with E-state index in [1.54, 1.807) is 0 Å². The largest absolute Gasteiger partial charge is 0.691 e. The summed E-state index contributed by atoms with van der Waals surface area (Å²) in [5.74, 6) is -1.48. The molecule has 0 spiro atoms. The lowest BCUT2D eigenvalue weighted by molar-refractivity contribution is -0.777. The number of alkyl halides is 2. The SMILES string of the molecule is O=C(OCCSc1ccc2ccccc2c1)C(F)(F)SOO[O-]. The van der Waals surface area contributed by atoms with Gasteiger partial charge in [0.25, 0.3) is 0 Å². The first-order chi connectivity index (χ1) is 11.0. The van der Waals surface area contributed by atoms with Gasteiger partial charge in [-0.05, 0) is 22.9 Å². The lowest BCUT2D eigenvalue weighted by Gasteiger charge is -2.13. The summed E-state index contributed by atoms with van der Waals surface area (Å²) in [7, 11) is 0. The molecule has 0 saturated heterocycles. The maximum atomic E-state index is 13.1. The Balaban J connectivity index is 1.79. The van der Waals surface area contributed by atoms with Crippen molar-refractivity contribution >= 4 is 40.5 Å². The normalized spacial score (nSPS) is 11.6. The van der Waals surface area contributed by atoms with E-state index in [1.807, 2.05) is 42.5 Å². The molecule has 0 radical (unpaired) electrons. The highest BCUT2D eigenvalue weighted by atomic mass is 32.2. The number of hydrogen-bond donors (Lipinski definition) is 0. The first-order valence-corrected chi connectivity index (χ1v) is 8.06. The Morgan fingerprint density at radius 1 is 1.17 bits per heavy atom. The van der Waals surface area contributed by atoms with Gasteiger partial charge in [0.15, 0.2) is 0 Å². The summed E-state index contributed by atoms with van der Waals surface area (Å²) in [6.07, 6.45) is 0. The van der Waals surface area contributed by atoms with E-state index in [0.717, 1.165) is 15.7 Å². The molecule has 0 bridgehead atoms. The smallest absolute Gasteiger partial charge is 0.415 e. The van der Waals surface area contributed by atoms with Crippen LogP contribution < -0.4 is 5.26 Å². The molecule has 124 valence electrons. The number of carbonyl (C=O) groups excluding carboxylic acids is 1. The first kappa shape index (κ1) is 18.0. The van der Waals surface area contributed by atoms with Crippen LogP contribution in [0.3, 0.4) is 0 Å². The fourth-order valence-corrected chi connectivity index (χ4v) is 2.74. The van der Waals surface area contributed by atoms with E-state index >= 15 is 0 Å². The molecule has 0 aliphatic rings. The van der Waals surface area contributed by atoms with Crippen molar-refractivity contribution in [2.45, 2.75) is 10.2 Å². The number of fused-ring (bicyclic) bond motifs is 1. The zero-order valence-electron chi connectivity index (χ0n) is 11.6. The van der Waals surface area contributed by atoms with E-state index in [9.17, 15) is 18.8 Å². The van der Waals surface area contributed by atoms with E-state index in [4.69, 9.17) is 0 Å². The summed E-state index contributed by atoms with van der Waals surface area (Å²) in [4.78, 5) is 12.1. The summed E-state index contributed by atoms with van der Waals surface area (Å²) >= 11 is 0.664. The summed E-state index contributed by atoms with van der Waals surface area (Å²) in [5, 5.41) is 10.4. The van der Waals surface area contributed by atoms with Crippen LogP contribution in [-0.2, 0) is 18.9 Å². The highest BCUT2D eigenvalue weighted by molar-refractivity contribution is 7.99. The molecule has 0 atom stereocenters. The van der Waals surface area contributed by atoms with Crippen LogP contribution in [0.2, 0.25) is 0 Å². The third kappa shape index (κ3) is 5.33. The van der Waals surface area contributed by atoms with Gasteiger partial charge in [0, 0.05) is 10.6 Å². The van der Waals surface area contributed by atoms with Crippen LogP contribution in [0.4, 0.5) is 8.78 Å². The second-order valence-corrected chi connectivity index (χ2v) is 6.21. The van der Waals surface area contributed by atoms with E-state index in [2.05, 4.69) is 14.1 Å². The van der Waals surface area contributed by atoms with E-state index in [0.29, 0.717) is 5.75 Å². The van der Waals surface area contributed by atoms with Gasteiger partial charge in [-0.3, -0.25) is 5.04 Å². The maximum absolute atomic E-state index is 13.1. The standard InChI is InChI=1S/C14H12F2O5S2/c15-14(16,23-21-20-18)13(17)19-7-8-22-12-6-5-10-3-1-2-4-11(10)9-12/h1-6,9,18H,7-8H2/p-1. The molecular formula is C14H11F2O5S2-. The second-order valence-electron chi connectivity index (χ2n) is 4.23. The number of thioether (sulfide) groups is 1. The first-order valence-electron chi connectivity index (χ1n) is 6.34. The lowest BCUT2D eigenvalue weighted by atomic mass is 10.1. The average molecular weight is 361 g/mol. The van der Waals surface area contributed by atoms with Crippen molar-refractivity contribution in [1.82, 2.24) is 0 Å². The lowest BCUT2D eigenvalue weighted by Crippen LogP contribution is -2.28. The van der Waals surface area contributed by atoms with Gasteiger partial charge in [-0.25, -0.2) is 4.79 Å². The number of esters is 1. The molecule has 5 nitrogen and oxygen atoms in total. The number of hydrogen-bond acceptors (Lipinski definition) is 7. The molecule has 2 aromatic rings. The van der Waals surface area contributed by atoms with Crippen LogP contribution in [0.15, 0.2) is 47.4 Å². The van der Waals surface area contributed by atoms with Gasteiger partial charge < -0.3 is 9.99 Å². The number of benzene rings is 2. The average Bonchev–Trinajstić information content (AvgIpc) is 2.56. The second kappa shape index (κ2) is 8.46. The molecule has 0 unspecified atom stereocenters. The monoisotopic (exact) mass is 361 g/mol. The number of rotatable bonds is 8. The van der Waals surface area contributed by atoms with Gasteiger partial charge in [0.05, 0.1) is 0 Å². The molecule has 0 heterocycles. The van der Waals surface area contributed by atoms with Crippen LogP contribution in [0.1, 0.15) is 0 Å². The fraction of sp³-hybridized carbons (Fsp3) is 0.214. The minimum atomic E-state index is -4.00. The predicted octanol–water partition coefficient (Wildman–Crippen LogP) is 2.94. The van der Waals surface area contributed by atoms with Crippen LogP contribution in [-0.4, -0.2) is 23.6 Å². The predicted molar refractivity (Wildman–Crippen MR) is 80.3 cm³/mol. The third-order valence-electron chi connectivity index (χ3n) is 2.71. The molecule has 0 fully saturated rings. The van der Waals surface area contributed by atoms with Crippen molar-refractivity contribution in [3.8, 4) is 0 Å². The van der Waals surface area contributed by atoms with Crippen molar-refractivity contribution in [2.75, 3.05) is 12.4 Å². The Kier molecular flexibility index (Phi) is 6.60. The molecule has 9 heteroatoms. The highest BCUT2D eigenvalue weighted by Crippen LogP contribution is 2.31. The topological polar surface area (TPSA) is 67.8 Å². The van der Waals surface area contributed by atoms with Crippen LogP contribution in [0.5, 0.6) is 0 Å². The molecule has 23 heavy (non-hydrogen) atoms. The summed E-state index contributed by atoms with van der Waals surface area (Å²) in [6.45, 7) is -0.204. The number of ether oxygens (including phenoxy) is 1. The van der Waals surface area contributed by atoms with E-state index < -0.39 is 23.3 Å².